The molecule has 1 saturated heterocycles. The lowest BCUT2D eigenvalue weighted by atomic mass is 10.1. The molecule has 1 heterocycles. The summed E-state index contributed by atoms with van der Waals surface area (Å²) in [7, 11) is 4.46. The third kappa shape index (κ3) is 5.83. The molecular formula is C23H23FN2O6S. The Labute approximate surface area is 194 Å². The Hall–Kier alpha value is -3.53. The van der Waals surface area contributed by atoms with Gasteiger partial charge in [0.05, 0.1) is 32.7 Å². The minimum absolute atomic E-state index is 0.000686. The van der Waals surface area contributed by atoms with Crippen LogP contribution in [0.4, 0.5) is 9.18 Å². The molecule has 10 heteroatoms. The third-order valence-electron chi connectivity index (χ3n) is 4.77. The fraction of sp³-hybridized carbons (Fsp3) is 0.261. The van der Waals surface area contributed by atoms with E-state index < -0.39 is 17.0 Å². The van der Waals surface area contributed by atoms with Crippen LogP contribution >= 0.6 is 11.8 Å². The molecule has 0 bridgehead atoms. The highest BCUT2D eigenvalue weighted by Crippen LogP contribution is 2.40. The molecule has 0 spiro atoms. The van der Waals surface area contributed by atoms with Gasteiger partial charge in [-0.25, -0.2) is 4.39 Å². The van der Waals surface area contributed by atoms with E-state index >= 15 is 0 Å². The number of nitrogens with one attached hydrogen (secondary N) is 1. The van der Waals surface area contributed by atoms with Gasteiger partial charge >= 0.3 is 0 Å². The topological polar surface area (TPSA) is 94.2 Å². The first kappa shape index (κ1) is 24.1. The standard InChI is InChI=1S/C23H23FN2O6S/c1-30-17-10-15(11-18(31-2)21(17)32-3)12-19-22(28)26(23(29)33-19)8-7-25-20(27)13-14-5-4-6-16(24)9-14/h4-6,9-12H,7-8,13H2,1-3H3,(H,25,27). The number of amides is 3. The fourth-order valence-electron chi connectivity index (χ4n) is 3.23. The summed E-state index contributed by atoms with van der Waals surface area (Å²) in [6.07, 6.45) is 1.57. The summed E-state index contributed by atoms with van der Waals surface area (Å²) < 4.78 is 29.1. The molecule has 0 unspecified atom stereocenters. The molecule has 0 aromatic heterocycles. The van der Waals surface area contributed by atoms with Gasteiger partial charge in [0.1, 0.15) is 5.82 Å². The second kappa shape index (κ2) is 10.9. The average molecular weight is 475 g/mol. The maximum absolute atomic E-state index is 13.2. The average Bonchev–Trinajstić information content (AvgIpc) is 3.05. The predicted molar refractivity (Wildman–Crippen MR) is 122 cm³/mol. The van der Waals surface area contributed by atoms with Crippen molar-refractivity contribution in [2.45, 2.75) is 6.42 Å². The van der Waals surface area contributed by atoms with Crippen LogP contribution in [-0.2, 0) is 16.0 Å². The molecule has 0 atom stereocenters. The number of benzene rings is 2. The van der Waals surface area contributed by atoms with E-state index in [9.17, 15) is 18.8 Å². The highest BCUT2D eigenvalue weighted by Gasteiger charge is 2.34. The first-order chi connectivity index (χ1) is 15.9. The Balaban J connectivity index is 1.63. The van der Waals surface area contributed by atoms with E-state index in [4.69, 9.17) is 14.2 Å². The number of carbonyl (C=O) groups is 3. The Morgan fingerprint density at radius 1 is 1.09 bits per heavy atom. The first-order valence-electron chi connectivity index (χ1n) is 9.92. The maximum atomic E-state index is 13.2. The smallest absolute Gasteiger partial charge is 0.293 e. The summed E-state index contributed by atoms with van der Waals surface area (Å²) in [5.41, 5.74) is 1.13. The summed E-state index contributed by atoms with van der Waals surface area (Å²) in [6, 6.07) is 9.09. The molecule has 33 heavy (non-hydrogen) atoms. The van der Waals surface area contributed by atoms with Crippen LogP contribution in [0.25, 0.3) is 6.08 Å². The Kier molecular flexibility index (Phi) is 7.94. The van der Waals surface area contributed by atoms with Crippen LogP contribution in [0.15, 0.2) is 41.3 Å². The fourth-order valence-corrected chi connectivity index (χ4v) is 4.10. The Bertz CT molecular complexity index is 1080. The van der Waals surface area contributed by atoms with Crippen molar-refractivity contribution in [2.75, 3.05) is 34.4 Å². The van der Waals surface area contributed by atoms with Gasteiger partial charge in [-0.15, -0.1) is 0 Å². The molecule has 0 radical (unpaired) electrons. The molecule has 1 aliphatic heterocycles. The SMILES string of the molecule is COc1cc(C=C2SC(=O)N(CCNC(=O)Cc3cccc(F)c3)C2=O)cc(OC)c1OC. The number of hydrogen-bond acceptors (Lipinski definition) is 7. The van der Waals surface area contributed by atoms with Gasteiger partial charge in [-0.2, -0.15) is 0 Å². The van der Waals surface area contributed by atoms with E-state index in [1.165, 1.54) is 39.5 Å². The molecule has 8 nitrogen and oxygen atoms in total. The second-order valence-corrected chi connectivity index (χ2v) is 7.94. The van der Waals surface area contributed by atoms with E-state index in [1.807, 2.05) is 0 Å². The van der Waals surface area contributed by atoms with Crippen molar-refractivity contribution in [2.24, 2.45) is 0 Å². The number of methoxy groups -OCH3 is 3. The zero-order valence-corrected chi connectivity index (χ0v) is 19.2. The van der Waals surface area contributed by atoms with Gasteiger partial charge in [0.15, 0.2) is 11.5 Å². The molecule has 1 N–H and O–H groups in total. The van der Waals surface area contributed by atoms with E-state index in [-0.39, 0.29) is 30.3 Å². The lowest BCUT2D eigenvalue weighted by Gasteiger charge is -2.13. The summed E-state index contributed by atoms with van der Waals surface area (Å²) in [5, 5.41) is 2.21. The lowest BCUT2D eigenvalue weighted by Crippen LogP contribution is -2.37. The lowest BCUT2D eigenvalue weighted by molar-refractivity contribution is -0.124. The highest BCUT2D eigenvalue weighted by atomic mass is 32.2. The summed E-state index contributed by atoms with van der Waals surface area (Å²) in [6.45, 7) is 0.107. The quantitative estimate of drug-likeness (QED) is 0.558. The van der Waals surface area contributed by atoms with Gasteiger partial charge in [0.25, 0.3) is 11.1 Å². The molecule has 2 aromatic carbocycles. The van der Waals surface area contributed by atoms with E-state index in [2.05, 4.69) is 5.32 Å². The summed E-state index contributed by atoms with van der Waals surface area (Å²) in [5.74, 6) is 0.0431. The molecule has 0 saturated carbocycles. The van der Waals surface area contributed by atoms with Gasteiger partial charge < -0.3 is 19.5 Å². The number of ether oxygens (including phenoxy) is 3. The number of carbonyl (C=O) groups excluding carboxylic acids is 3. The van der Waals surface area contributed by atoms with Gasteiger partial charge in [-0.05, 0) is 53.2 Å². The molecule has 2 aromatic rings. The van der Waals surface area contributed by atoms with Crippen molar-refractivity contribution >= 4 is 34.9 Å². The van der Waals surface area contributed by atoms with Crippen LogP contribution in [0, 0.1) is 5.82 Å². The third-order valence-corrected chi connectivity index (χ3v) is 5.68. The van der Waals surface area contributed by atoms with E-state index in [0.717, 1.165) is 16.7 Å². The maximum Gasteiger partial charge on any atom is 0.293 e. The summed E-state index contributed by atoms with van der Waals surface area (Å²) in [4.78, 5) is 38.4. The van der Waals surface area contributed by atoms with Crippen LogP contribution in [0.1, 0.15) is 11.1 Å². The molecule has 3 amide bonds. The molecular weight excluding hydrogens is 451 g/mol. The Morgan fingerprint density at radius 2 is 1.79 bits per heavy atom. The molecule has 1 fully saturated rings. The number of hydrogen-bond donors (Lipinski definition) is 1. The number of imide groups is 1. The molecule has 3 rings (SSSR count). The van der Waals surface area contributed by atoms with Crippen LogP contribution < -0.4 is 19.5 Å². The second-order valence-electron chi connectivity index (χ2n) is 6.95. The van der Waals surface area contributed by atoms with Crippen LogP contribution in [-0.4, -0.2) is 56.4 Å². The van der Waals surface area contributed by atoms with Gasteiger partial charge in [-0.1, -0.05) is 12.1 Å². The first-order valence-corrected chi connectivity index (χ1v) is 10.7. The molecule has 1 aliphatic rings. The van der Waals surface area contributed by atoms with Gasteiger partial charge in [0.2, 0.25) is 11.7 Å². The molecule has 0 aliphatic carbocycles. The number of nitrogens with zero attached hydrogens (tertiary/aromatic N) is 1. The monoisotopic (exact) mass is 474 g/mol. The van der Waals surface area contributed by atoms with Crippen LogP contribution in [0.3, 0.4) is 0 Å². The Morgan fingerprint density at radius 3 is 2.39 bits per heavy atom. The zero-order chi connectivity index (χ0) is 24.0. The summed E-state index contributed by atoms with van der Waals surface area (Å²) >= 11 is 0.808. The van der Waals surface area contributed by atoms with Crippen LogP contribution in [0.5, 0.6) is 17.2 Å². The highest BCUT2D eigenvalue weighted by molar-refractivity contribution is 8.18. The van der Waals surface area contributed by atoms with Crippen molar-refractivity contribution in [3.8, 4) is 17.2 Å². The zero-order valence-electron chi connectivity index (χ0n) is 18.3. The van der Waals surface area contributed by atoms with Gasteiger partial charge in [0, 0.05) is 13.1 Å². The van der Waals surface area contributed by atoms with Crippen molar-refractivity contribution in [3.05, 3.63) is 58.2 Å². The molecule has 174 valence electrons. The number of thioether (sulfide) groups is 1. The largest absolute Gasteiger partial charge is 0.493 e. The van der Waals surface area contributed by atoms with E-state index in [0.29, 0.717) is 28.4 Å². The van der Waals surface area contributed by atoms with Crippen LogP contribution in [0.2, 0.25) is 0 Å². The van der Waals surface area contributed by atoms with Crippen molar-refractivity contribution in [1.82, 2.24) is 10.2 Å². The number of rotatable bonds is 9. The van der Waals surface area contributed by atoms with Crippen molar-refractivity contribution in [1.29, 1.82) is 0 Å². The minimum Gasteiger partial charge on any atom is -0.493 e. The number of halogens is 1. The van der Waals surface area contributed by atoms with E-state index in [1.54, 1.807) is 24.3 Å². The normalized spacial score (nSPS) is 14.5. The predicted octanol–water partition coefficient (Wildman–Crippen LogP) is 3.25. The van der Waals surface area contributed by atoms with Crippen molar-refractivity contribution < 1.29 is 33.0 Å². The van der Waals surface area contributed by atoms with Gasteiger partial charge in [-0.3, -0.25) is 19.3 Å². The van der Waals surface area contributed by atoms with Crippen molar-refractivity contribution in [3.63, 3.8) is 0 Å². The minimum atomic E-state index is -0.460.